The monoisotopic (exact) mass is 375 g/mol. The molecule has 6 nitrogen and oxygen atoms in total. The number of nitrogens with zero attached hydrogens (tertiary/aromatic N) is 2. The van der Waals surface area contributed by atoms with E-state index in [1.54, 1.807) is 25.9 Å². The molecular weight excluding hydrogens is 354 g/mol. The van der Waals surface area contributed by atoms with Gasteiger partial charge >= 0.3 is 0 Å². The summed E-state index contributed by atoms with van der Waals surface area (Å²) in [5.74, 6) is 0.690. The van der Waals surface area contributed by atoms with Crippen LogP contribution in [0.15, 0.2) is 71.9 Å². The smallest absolute Gasteiger partial charge is 0.224 e. The van der Waals surface area contributed by atoms with Crippen molar-refractivity contribution in [3.63, 3.8) is 0 Å². The third-order valence-electron chi connectivity index (χ3n) is 4.65. The van der Waals surface area contributed by atoms with Gasteiger partial charge in [-0.3, -0.25) is 4.79 Å². The zero-order chi connectivity index (χ0) is 19.3. The zero-order valence-corrected chi connectivity index (χ0v) is 15.6. The Morgan fingerprint density at radius 2 is 2.00 bits per heavy atom. The number of benzene rings is 2. The third-order valence-corrected chi connectivity index (χ3v) is 4.65. The van der Waals surface area contributed by atoms with E-state index >= 15 is 0 Å². The largest absolute Gasteiger partial charge is 0.497 e. The van der Waals surface area contributed by atoms with Crippen molar-refractivity contribution in [3.8, 4) is 5.75 Å². The van der Waals surface area contributed by atoms with Gasteiger partial charge in [0.25, 0.3) is 0 Å². The summed E-state index contributed by atoms with van der Waals surface area (Å²) in [5.41, 5.74) is 3.83. The molecule has 2 heterocycles. The van der Waals surface area contributed by atoms with E-state index in [4.69, 9.17) is 9.15 Å². The first-order valence-corrected chi connectivity index (χ1v) is 9.05. The van der Waals surface area contributed by atoms with Crippen molar-refractivity contribution in [1.29, 1.82) is 0 Å². The maximum absolute atomic E-state index is 12.3. The van der Waals surface area contributed by atoms with Gasteiger partial charge in [0.2, 0.25) is 5.91 Å². The summed E-state index contributed by atoms with van der Waals surface area (Å²) in [4.78, 5) is 16.4. The van der Waals surface area contributed by atoms with Gasteiger partial charge in [0.05, 0.1) is 26.1 Å². The molecule has 0 atom stereocenters. The average molecular weight is 375 g/mol. The van der Waals surface area contributed by atoms with Crippen LogP contribution in [0.25, 0.3) is 11.0 Å². The Kier molecular flexibility index (Phi) is 5.10. The standard InChI is InChI=1S/C22H21N3O3/c1-27-19-6-7-20-18(14-28-21(20)11-19)10-22(26)24-12-16-2-4-17(5-3-16)13-25-9-8-23-15-25/h2-9,11,14-15H,10,12-13H2,1H3,(H,24,26). The number of amides is 1. The number of carbonyl (C=O) groups excluding carboxylic acids is 1. The molecule has 142 valence electrons. The normalized spacial score (nSPS) is 10.9. The molecule has 1 N–H and O–H groups in total. The highest BCUT2D eigenvalue weighted by molar-refractivity contribution is 5.88. The first-order valence-electron chi connectivity index (χ1n) is 9.05. The van der Waals surface area contributed by atoms with Gasteiger partial charge in [0.15, 0.2) is 0 Å². The predicted octanol–water partition coefficient (Wildman–Crippen LogP) is 3.55. The minimum Gasteiger partial charge on any atom is -0.497 e. The van der Waals surface area contributed by atoms with Crippen molar-refractivity contribution in [2.45, 2.75) is 19.5 Å². The average Bonchev–Trinajstić information content (AvgIpc) is 3.37. The van der Waals surface area contributed by atoms with Crippen LogP contribution < -0.4 is 10.1 Å². The number of carbonyl (C=O) groups is 1. The van der Waals surface area contributed by atoms with Gasteiger partial charge < -0.3 is 19.0 Å². The van der Waals surface area contributed by atoms with Crippen LogP contribution in [0.1, 0.15) is 16.7 Å². The summed E-state index contributed by atoms with van der Waals surface area (Å²) < 4.78 is 12.8. The molecule has 0 spiro atoms. The number of methoxy groups -OCH3 is 1. The number of ether oxygens (including phenoxy) is 1. The van der Waals surface area contributed by atoms with Crippen molar-refractivity contribution in [2.75, 3.05) is 7.11 Å². The second kappa shape index (κ2) is 8.00. The number of nitrogens with one attached hydrogen (secondary N) is 1. The SMILES string of the molecule is COc1ccc2c(CC(=O)NCc3ccc(Cn4ccnc4)cc3)coc2c1. The van der Waals surface area contributed by atoms with E-state index in [1.165, 1.54) is 5.56 Å². The van der Waals surface area contributed by atoms with E-state index in [0.717, 1.165) is 34.4 Å². The molecule has 0 aliphatic carbocycles. The Balaban J connectivity index is 1.33. The molecule has 4 aromatic rings. The van der Waals surface area contributed by atoms with E-state index in [1.807, 2.05) is 41.1 Å². The molecule has 0 bridgehead atoms. The molecule has 28 heavy (non-hydrogen) atoms. The van der Waals surface area contributed by atoms with Crippen LogP contribution in [-0.4, -0.2) is 22.6 Å². The Hall–Kier alpha value is -3.54. The first-order chi connectivity index (χ1) is 13.7. The quantitative estimate of drug-likeness (QED) is 0.536. The van der Waals surface area contributed by atoms with E-state index in [0.29, 0.717) is 6.54 Å². The summed E-state index contributed by atoms with van der Waals surface area (Å²) in [6.45, 7) is 1.28. The van der Waals surface area contributed by atoms with Gasteiger partial charge in [-0.1, -0.05) is 24.3 Å². The fraction of sp³-hybridized carbons (Fsp3) is 0.182. The van der Waals surface area contributed by atoms with Crippen LogP contribution in [0, 0.1) is 0 Å². The van der Waals surface area contributed by atoms with Crippen molar-refractivity contribution in [2.24, 2.45) is 0 Å². The fourth-order valence-electron chi connectivity index (χ4n) is 3.12. The van der Waals surface area contributed by atoms with Crippen LogP contribution in [-0.2, 0) is 24.3 Å². The molecule has 0 radical (unpaired) electrons. The minimum atomic E-state index is -0.0407. The summed E-state index contributed by atoms with van der Waals surface area (Å²) in [7, 11) is 1.61. The zero-order valence-electron chi connectivity index (χ0n) is 15.6. The molecule has 0 fully saturated rings. The molecule has 6 heteroatoms. The van der Waals surface area contributed by atoms with Gasteiger partial charge in [-0.25, -0.2) is 4.98 Å². The molecule has 0 unspecified atom stereocenters. The second-order valence-corrected chi connectivity index (χ2v) is 6.63. The van der Waals surface area contributed by atoms with Crippen molar-refractivity contribution >= 4 is 16.9 Å². The summed E-state index contributed by atoms with van der Waals surface area (Å²) in [5, 5.41) is 3.90. The number of imidazole rings is 1. The topological polar surface area (TPSA) is 69.3 Å². The minimum absolute atomic E-state index is 0.0407. The van der Waals surface area contributed by atoms with Crippen LogP contribution in [0.4, 0.5) is 0 Å². The Labute approximate surface area is 162 Å². The molecule has 0 aliphatic rings. The highest BCUT2D eigenvalue weighted by Crippen LogP contribution is 2.25. The number of hydrogen-bond donors (Lipinski definition) is 1. The lowest BCUT2D eigenvalue weighted by Gasteiger charge is -2.07. The predicted molar refractivity (Wildman–Crippen MR) is 106 cm³/mol. The van der Waals surface area contributed by atoms with E-state index in [2.05, 4.69) is 22.4 Å². The van der Waals surface area contributed by atoms with E-state index < -0.39 is 0 Å². The Morgan fingerprint density at radius 3 is 2.75 bits per heavy atom. The van der Waals surface area contributed by atoms with Gasteiger partial charge in [-0.15, -0.1) is 0 Å². The van der Waals surface area contributed by atoms with Gasteiger partial charge in [0.1, 0.15) is 11.3 Å². The van der Waals surface area contributed by atoms with Gasteiger partial charge in [-0.2, -0.15) is 0 Å². The number of fused-ring (bicyclic) bond motifs is 1. The lowest BCUT2D eigenvalue weighted by Crippen LogP contribution is -2.24. The molecule has 0 aliphatic heterocycles. The molecule has 0 saturated carbocycles. The highest BCUT2D eigenvalue weighted by Gasteiger charge is 2.11. The van der Waals surface area contributed by atoms with Gasteiger partial charge in [0, 0.05) is 42.5 Å². The number of aromatic nitrogens is 2. The Bertz CT molecular complexity index is 1070. The van der Waals surface area contributed by atoms with E-state index in [9.17, 15) is 4.79 Å². The molecule has 4 rings (SSSR count). The van der Waals surface area contributed by atoms with Crippen LogP contribution in [0.3, 0.4) is 0 Å². The van der Waals surface area contributed by atoms with Crippen molar-refractivity contribution < 1.29 is 13.9 Å². The summed E-state index contributed by atoms with van der Waals surface area (Å²) in [6.07, 6.45) is 7.41. The molecule has 2 aromatic heterocycles. The number of rotatable bonds is 7. The van der Waals surface area contributed by atoms with Crippen LogP contribution in [0.5, 0.6) is 5.75 Å². The third kappa shape index (κ3) is 4.06. The molecule has 2 aromatic carbocycles. The second-order valence-electron chi connectivity index (χ2n) is 6.63. The maximum atomic E-state index is 12.3. The lowest BCUT2D eigenvalue weighted by atomic mass is 10.1. The highest BCUT2D eigenvalue weighted by atomic mass is 16.5. The molecule has 1 amide bonds. The van der Waals surface area contributed by atoms with Crippen molar-refractivity contribution in [3.05, 3.63) is 84.1 Å². The first kappa shape index (κ1) is 17.9. The fourth-order valence-corrected chi connectivity index (χ4v) is 3.12. The Morgan fingerprint density at radius 1 is 1.18 bits per heavy atom. The summed E-state index contributed by atoms with van der Waals surface area (Å²) in [6, 6.07) is 13.8. The lowest BCUT2D eigenvalue weighted by molar-refractivity contribution is -0.120. The molecular formula is C22H21N3O3. The van der Waals surface area contributed by atoms with Crippen molar-refractivity contribution in [1.82, 2.24) is 14.9 Å². The van der Waals surface area contributed by atoms with Crippen LogP contribution >= 0.6 is 0 Å². The molecule has 0 saturated heterocycles. The number of furan rings is 1. The van der Waals surface area contributed by atoms with E-state index in [-0.39, 0.29) is 12.3 Å². The van der Waals surface area contributed by atoms with Crippen LogP contribution in [0.2, 0.25) is 0 Å². The summed E-state index contributed by atoms with van der Waals surface area (Å²) >= 11 is 0. The maximum Gasteiger partial charge on any atom is 0.224 e. The number of hydrogen-bond acceptors (Lipinski definition) is 4. The van der Waals surface area contributed by atoms with Gasteiger partial charge in [-0.05, 0) is 23.3 Å².